The lowest BCUT2D eigenvalue weighted by Gasteiger charge is -2.20. The molecule has 0 aliphatic heterocycles. The summed E-state index contributed by atoms with van der Waals surface area (Å²) in [6.45, 7) is 5.95. The lowest BCUT2D eigenvalue weighted by Crippen LogP contribution is -2.27. The number of ether oxygens (including phenoxy) is 2. The lowest BCUT2D eigenvalue weighted by molar-refractivity contribution is -0.142. The van der Waals surface area contributed by atoms with E-state index in [9.17, 15) is 19.2 Å². The van der Waals surface area contributed by atoms with E-state index in [1.54, 1.807) is 0 Å². The van der Waals surface area contributed by atoms with E-state index in [1.165, 1.54) is 59.3 Å². The highest BCUT2D eigenvalue weighted by atomic mass is 16.5. The second-order valence-corrected chi connectivity index (χ2v) is 8.23. The molecule has 1 aliphatic rings. The predicted molar refractivity (Wildman–Crippen MR) is 123 cm³/mol. The summed E-state index contributed by atoms with van der Waals surface area (Å²) in [5, 5.41) is 0. The molecular formula is C26H38O6. The minimum atomic E-state index is -0.674. The summed E-state index contributed by atoms with van der Waals surface area (Å²) in [5.41, 5.74) is 0.0901. The summed E-state index contributed by atoms with van der Waals surface area (Å²) in [4.78, 5) is 48.2. The molecule has 0 atom stereocenters. The molecule has 0 heterocycles. The van der Waals surface area contributed by atoms with Gasteiger partial charge in [-0.3, -0.25) is 19.2 Å². The molecule has 0 amide bonds. The topological polar surface area (TPSA) is 86.7 Å². The van der Waals surface area contributed by atoms with Gasteiger partial charge in [0.05, 0.1) is 5.57 Å². The number of rotatable bonds is 15. The molecule has 178 valence electrons. The van der Waals surface area contributed by atoms with E-state index in [4.69, 9.17) is 9.47 Å². The Kier molecular flexibility index (Phi) is 13.2. The number of unbranched alkanes of at least 4 members (excludes halogenated alkanes) is 9. The normalized spacial score (nSPS) is 14.5. The van der Waals surface area contributed by atoms with Crippen LogP contribution in [0, 0.1) is 0 Å². The van der Waals surface area contributed by atoms with Crippen molar-refractivity contribution in [3.8, 4) is 0 Å². The molecule has 0 aromatic rings. The van der Waals surface area contributed by atoms with Gasteiger partial charge in [0.15, 0.2) is 11.5 Å². The van der Waals surface area contributed by atoms with E-state index in [0.717, 1.165) is 25.7 Å². The smallest absolute Gasteiger partial charge is 0.308 e. The highest BCUT2D eigenvalue weighted by Gasteiger charge is 2.36. The molecule has 0 saturated carbocycles. The number of carbonyl (C=O) groups excluding carboxylic acids is 4. The molecule has 6 heteroatoms. The molecule has 0 radical (unpaired) electrons. The van der Waals surface area contributed by atoms with Crippen molar-refractivity contribution < 1.29 is 28.7 Å². The second-order valence-electron chi connectivity index (χ2n) is 8.23. The first-order chi connectivity index (χ1) is 15.3. The van der Waals surface area contributed by atoms with Crippen LogP contribution < -0.4 is 0 Å². The first-order valence-electron chi connectivity index (χ1n) is 11.8. The maximum atomic E-state index is 12.8. The third-order valence-corrected chi connectivity index (χ3v) is 5.32. The van der Waals surface area contributed by atoms with Gasteiger partial charge < -0.3 is 9.47 Å². The zero-order chi connectivity index (χ0) is 23.9. The molecule has 0 aromatic carbocycles. The molecule has 1 rings (SSSR count). The standard InChI is InChI=1S/C26H38O6/c1-5-6-7-8-9-10-11-12-13-14-15-16-17-18-22-24(30)25(31-20(3)27)19(2)23(29)26(22)32-21(4)28/h8-9H,5-7,10-18H2,1-4H3/b9-8-. The Balaban J connectivity index is 2.47. The number of hydrogen-bond acceptors (Lipinski definition) is 6. The Morgan fingerprint density at radius 3 is 1.78 bits per heavy atom. The van der Waals surface area contributed by atoms with Gasteiger partial charge in [-0.25, -0.2) is 0 Å². The van der Waals surface area contributed by atoms with Crippen LogP contribution in [0.1, 0.15) is 105 Å². The number of esters is 2. The molecule has 0 spiro atoms. The van der Waals surface area contributed by atoms with Crippen molar-refractivity contribution in [3.63, 3.8) is 0 Å². The minimum Gasteiger partial charge on any atom is -0.422 e. The van der Waals surface area contributed by atoms with Crippen LogP contribution >= 0.6 is 0 Å². The highest BCUT2D eigenvalue weighted by Crippen LogP contribution is 2.30. The number of carbonyl (C=O) groups is 4. The van der Waals surface area contributed by atoms with Gasteiger partial charge in [-0.1, -0.05) is 64.0 Å². The van der Waals surface area contributed by atoms with Crippen molar-refractivity contribution in [2.45, 2.75) is 105 Å². The van der Waals surface area contributed by atoms with E-state index in [-0.39, 0.29) is 22.7 Å². The van der Waals surface area contributed by atoms with E-state index < -0.39 is 23.5 Å². The van der Waals surface area contributed by atoms with Gasteiger partial charge in [0.25, 0.3) is 0 Å². The molecule has 0 saturated heterocycles. The molecule has 0 N–H and O–H groups in total. The van der Waals surface area contributed by atoms with Crippen molar-refractivity contribution in [1.82, 2.24) is 0 Å². The first-order valence-corrected chi connectivity index (χ1v) is 11.8. The van der Waals surface area contributed by atoms with Gasteiger partial charge in [-0.2, -0.15) is 0 Å². The van der Waals surface area contributed by atoms with E-state index in [1.807, 2.05) is 0 Å². The van der Waals surface area contributed by atoms with Crippen LogP contribution in [0.3, 0.4) is 0 Å². The van der Waals surface area contributed by atoms with Crippen LogP contribution in [0.5, 0.6) is 0 Å². The zero-order valence-corrected chi connectivity index (χ0v) is 20.1. The molecular weight excluding hydrogens is 408 g/mol. The fourth-order valence-electron chi connectivity index (χ4n) is 3.57. The van der Waals surface area contributed by atoms with Gasteiger partial charge in [-0.15, -0.1) is 0 Å². The van der Waals surface area contributed by atoms with E-state index >= 15 is 0 Å². The van der Waals surface area contributed by atoms with Crippen LogP contribution in [0.25, 0.3) is 0 Å². The van der Waals surface area contributed by atoms with Crippen LogP contribution in [-0.4, -0.2) is 23.5 Å². The van der Waals surface area contributed by atoms with Crippen molar-refractivity contribution in [1.29, 1.82) is 0 Å². The summed E-state index contributed by atoms with van der Waals surface area (Å²) in [5.74, 6) is -2.98. The Morgan fingerprint density at radius 1 is 0.719 bits per heavy atom. The van der Waals surface area contributed by atoms with Crippen molar-refractivity contribution in [2.75, 3.05) is 0 Å². The summed E-state index contributed by atoms with van der Waals surface area (Å²) in [7, 11) is 0. The van der Waals surface area contributed by atoms with Crippen LogP contribution in [0.15, 0.2) is 34.8 Å². The van der Waals surface area contributed by atoms with Gasteiger partial charge in [-0.05, 0) is 39.0 Å². The average Bonchev–Trinajstić information content (AvgIpc) is 2.74. The quantitative estimate of drug-likeness (QED) is 0.132. The molecule has 0 bridgehead atoms. The Bertz CT molecular complexity index is 769. The van der Waals surface area contributed by atoms with Gasteiger partial charge in [0, 0.05) is 19.4 Å². The van der Waals surface area contributed by atoms with Crippen LogP contribution in [-0.2, 0) is 28.7 Å². The number of ketones is 2. The molecule has 0 fully saturated rings. The first kappa shape index (κ1) is 27.5. The maximum absolute atomic E-state index is 12.8. The predicted octanol–water partition coefficient (Wildman–Crippen LogP) is 6.05. The van der Waals surface area contributed by atoms with Crippen LogP contribution in [0.2, 0.25) is 0 Å². The number of hydrogen-bond donors (Lipinski definition) is 0. The zero-order valence-electron chi connectivity index (χ0n) is 20.1. The summed E-state index contributed by atoms with van der Waals surface area (Å²) < 4.78 is 10.0. The Labute approximate surface area is 192 Å². The fourth-order valence-corrected chi connectivity index (χ4v) is 3.57. The lowest BCUT2D eigenvalue weighted by atomic mass is 9.90. The van der Waals surface area contributed by atoms with Crippen molar-refractivity contribution in [3.05, 3.63) is 34.8 Å². The number of Topliss-reactive ketones (excluding diaryl/α,β-unsaturated/α-hetero) is 2. The molecule has 0 aromatic heterocycles. The fraction of sp³-hybridized carbons (Fsp3) is 0.615. The van der Waals surface area contributed by atoms with Crippen molar-refractivity contribution >= 4 is 23.5 Å². The Hall–Kier alpha value is -2.50. The summed E-state index contributed by atoms with van der Waals surface area (Å²) in [6, 6.07) is 0. The van der Waals surface area contributed by atoms with E-state index in [2.05, 4.69) is 19.1 Å². The second kappa shape index (κ2) is 15.3. The van der Waals surface area contributed by atoms with Gasteiger partial charge in [0.2, 0.25) is 11.6 Å². The Morgan fingerprint density at radius 2 is 1.22 bits per heavy atom. The summed E-state index contributed by atoms with van der Waals surface area (Å²) >= 11 is 0. The molecule has 6 nitrogen and oxygen atoms in total. The highest BCUT2D eigenvalue weighted by molar-refractivity contribution is 6.24. The minimum absolute atomic E-state index is 0.0228. The SMILES string of the molecule is CCCC/C=C\CCCCCCCCCC1=C(OC(C)=O)C(=O)C(C)=C(OC(C)=O)C1=O. The van der Waals surface area contributed by atoms with E-state index in [0.29, 0.717) is 12.8 Å². The largest absolute Gasteiger partial charge is 0.422 e. The third kappa shape index (κ3) is 9.75. The van der Waals surface area contributed by atoms with Crippen LogP contribution in [0.4, 0.5) is 0 Å². The monoisotopic (exact) mass is 446 g/mol. The van der Waals surface area contributed by atoms with Gasteiger partial charge in [0.1, 0.15) is 0 Å². The number of allylic oxidation sites excluding steroid dienone is 4. The maximum Gasteiger partial charge on any atom is 0.308 e. The van der Waals surface area contributed by atoms with Crippen molar-refractivity contribution in [2.24, 2.45) is 0 Å². The molecule has 0 unspecified atom stereocenters. The molecule has 1 aliphatic carbocycles. The summed E-state index contributed by atoms with van der Waals surface area (Å²) in [6.07, 6.45) is 17.0. The molecule has 32 heavy (non-hydrogen) atoms. The van der Waals surface area contributed by atoms with Gasteiger partial charge >= 0.3 is 11.9 Å². The third-order valence-electron chi connectivity index (χ3n) is 5.32. The average molecular weight is 447 g/mol.